The van der Waals surface area contributed by atoms with E-state index in [0.717, 1.165) is 37.1 Å². The zero-order valence-electron chi connectivity index (χ0n) is 16.9. The fourth-order valence-corrected chi connectivity index (χ4v) is 3.45. The van der Waals surface area contributed by atoms with Crippen LogP contribution in [0.3, 0.4) is 0 Å². The smallest absolute Gasteiger partial charge is 0.315 e. The van der Waals surface area contributed by atoms with Gasteiger partial charge in [0.05, 0.1) is 0 Å². The van der Waals surface area contributed by atoms with Gasteiger partial charge in [0.25, 0.3) is 0 Å². The van der Waals surface area contributed by atoms with E-state index in [1.165, 1.54) is 5.56 Å². The molecule has 2 aromatic rings. The van der Waals surface area contributed by atoms with E-state index in [4.69, 9.17) is 0 Å². The van der Waals surface area contributed by atoms with E-state index < -0.39 is 0 Å². The van der Waals surface area contributed by atoms with Crippen LogP contribution < -0.4 is 20.9 Å². The van der Waals surface area contributed by atoms with Gasteiger partial charge < -0.3 is 20.9 Å². The number of aromatic nitrogens is 2. The molecule has 1 aromatic carbocycles. The Labute approximate surface area is 167 Å². The first-order valence-corrected chi connectivity index (χ1v) is 9.87. The van der Waals surface area contributed by atoms with Crippen LogP contribution in [0.4, 0.5) is 16.6 Å². The highest BCUT2D eigenvalue weighted by molar-refractivity contribution is 5.74. The quantitative estimate of drug-likeness (QED) is 0.715. The number of carbonyl (C=O) groups is 1. The number of anilines is 2. The molecule has 3 N–H and O–H groups in total. The average Bonchev–Trinajstić information content (AvgIpc) is 2.69. The van der Waals surface area contributed by atoms with Crippen LogP contribution in [0.1, 0.15) is 36.8 Å². The van der Waals surface area contributed by atoms with Crippen LogP contribution in [0.15, 0.2) is 36.5 Å². The summed E-state index contributed by atoms with van der Waals surface area (Å²) in [4.78, 5) is 23.0. The van der Waals surface area contributed by atoms with Crippen LogP contribution in [-0.4, -0.2) is 42.2 Å². The molecule has 0 radical (unpaired) electrons. The Bertz CT molecular complexity index is 786. The Morgan fingerprint density at radius 2 is 1.82 bits per heavy atom. The summed E-state index contributed by atoms with van der Waals surface area (Å²) < 4.78 is 0. The number of amides is 2. The molecule has 1 fully saturated rings. The summed E-state index contributed by atoms with van der Waals surface area (Å²) >= 11 is 0. The minimum atomic E-state index is -0.0957. The van der Waals surface area contributed by atoms with Gasteiger partial charge in [0, 0.05) is 38.9 Å². The maximum absolute atomic E-state index is 12.2. The third-order valence-corrected chi connectivity index (χ3v) is 5.20. The minimum absolute atomic E-state index is 0.0957. The Morgan fingerprint density at radius 1 is 1.11 bits per heavy atom. The van der Waals surface area contributed by atoms with Crippen molar-refractivity contribution in [3.05, 3.63) is 47.7 Å². The highest BCUT2D eigenvalue weighted by atomic mass is 16.2. The molecule has 7 heteroatoms. The molecule has 1 saturated carbocycles. The third kappa shape index (κ3) is 5.58. The van der Waals surface area contributed by atoms with Crippen molar-refractivity contribution >= 4 is 17.8 Å². The molecular formula is C21H30N6O. The maximum Gasteiger partial charge on any atom is 0.315 e. The Kier molecular flexibility index (Phi) is 6.68. The van der Waals surface area contributed by atoms with Gasteiger partial charge in [0.15, 0.2) is 0 Å². The molecule has 1 aliphatic carbocycles. The standard InChI is InChI=1S/C21H30N6O/c1-15-6-4-5-7-16(15)14-23-21(28)25-18-10-8-17(9-11-18)24-20-22-13-12-19(26-20)27(2)3/h4-7,12-13,17-18H,8-11,14H2,1-3H3,(H,22,24,26)(H2,23,25,28)/t17-,18+. The lowest BCUT2D eigenvalue weighted by atomic mass is 9.91. The molecule has 0 aliphatic heterocycles. The monoisotopic (exact) mass is 382 g/mol. The Hall–Kier alpha value is -2.83. The van der Waals surface area contributed by atoms with Gasteiger partial charge in [-0.25, -0.2) is 9.78 Å². The summed E-state index contributed by atoms with van der Waals surface area (Å²) in [5.41, 5.74) is 2.33. The molecule has 1 aliphatic rings. The normalized spacial score (nSPS) is 19.0. The van der Waals surface area contributed by atoms with E-state index in [2.05, 4.69) is 38.9 Å². The molecule has 28 heavy (non-hydrogen) atoms. The Morgan fingerprint density at radius 3 is 2.54 bits per heavy atom. The number of aryl methyl sites for hydroxylation is 1. The van der Waals surface area contributed by atoms with Crippen LogP contribution in [0, 0.1) is 6.92 Å². The van der Waals surface area contributed by atoms with Crippen molar-refractivity contribution in [2.45, 2.75) is 51.2 Å². The third-order valence-electron chi connectivity index (χ3n) is 5.20. The number of nitrogens with zero attached hydrogens (tertiary/aromatic N) is 3. The van der Waals surface area contributed by atoms with Gasteiger partial charge in [-0.3, -0.25) is 0 Å². The molecule has 1 heterocycles. The second kappa shape index (κ2) is 9.39. The van der Waals surface area contributed by atoms with Crippen LogP contribution >= 0.6 is 0 Å². The van der Waals surface area contributed by atoms with Crippen LogP contribution in [0.25, 0.3) is 0 Å². The fraction of sp³-hybridized carbons (Fsp3) is 0.476. The van der Waals surface area contributed by atoms with Gasteiger partial charge in [0.2, 0.25) is 5.95 Å². The molecule has 0 bridgehead atoms. The van der Waals surface area contributed by atoms with Crippen LogP contribution in [0.2, 0.25) is 0 Å². The van der Waals surface area contributed by atoms with E-state index in [1.807, 2.05) is 43.3 Å². The SMILES string of the molecule is Cc1ccccc1CNC(=O)N[C@H]1CC[C@@H](Nc2nccc(N(C)C)n2)CC1. The van der Waals surface area contributed by atoms with Crippen molar-refractivity contribution in [1.29, 1.82) is 0 Å². The molecule has 0 atom stereocenters. The van der Waals surface area contributed by atoms with Gasteiger partial charge in [-0.1, -0.05) is 24.3 Å². The highest BCUT2D eigenvalue weighted by Crippen LogP contribution is 2.21. The molecular weight excluding hydrogens is 352 g/mol. The number of benzene rings is 1. The molecule has 7 nitrogen and oxygen atoms in total. The number of urea groups is 1. The molecule has 1 aromatic heterocycles. The first-order valence-electron chi connectivity index (χ1n) is 9.87. The first-order chi connectivity index (χ1) is 13.5. The number of carbonyl (C=O) groups excluding carboxylic acids is 1. The van der Waals surface area contributed by atoms with E-state index in [0.29, 0.717) is 18.5 Å². The maximum atomic E-state index is 12.2. The van der Waals surface area contributed by atoms with Crippen LogP contribution in [-0.2, 0) is 6.54 Å². The predicted molar refractivity (Wildman–Crippen MR) is 113 cm³/mol. The van der Waals surface area contributed by atoms with Gasteiger partial charge in [-0.2, -0.15) is 4.98 Å². The lowest BCUT2D eigenvalue weighted by Crippen LogP contribution is -2.44. The zero-order valence-corrected chi connectivity index (χ0v) is 16.9. The summed E-state index contributed by atoms with van der Waals surface area (Å²) in [5.74, 6) is 1.55. The molecule has 0 unspecified atom stereocenters. The second-order valence-corrected chi connectivity index (χ2v) is 7.58. The van der Waals surface area contributed by atoms with Crippen molar-refractivity contribution in [2.24, 2.45) is 0 Å². The molecule has 0 spiro atoms. The van der Waals surface area contributed by atoms with E-state index in [9.17, 15) is 4.79 Å². The van der Waals surface area contributed by atoms with E-state index in [-0.39, 0.29) is 12.1 Å². The molecule has 3 rings (SSSR count). The average molecular weight is 383 g/mol. The fourth-order valence-electron chi connectivity index (χ4n) is 3.45. The molecule has 150 valence electrons. The Balaban J connectivity index is 1.41. The second-order valence-electron chi connectivity index (χ2n) is 7.58. The van der Waals surface area contributed by atoms with Crippen molar-refractivity contribution in [3.63, 3.8) is 0 Å². The summed E-state index contributed by atoms with van der Waals surface area (Å²) in [7, 11) is 3.93. The summed E-state index contributed by atoms with van der Waals surface area (Å²) in [6.45, 7) is 2.61. The summed E-state index contributed by atoms with van der Waals surface area (Å²) in [6.07, 6.45) is 5.64. The predicted octanol–water partition coefficient (Wildman–Crippen LogP) is 3.07. The summed E-state index contributed by atoms with van der Waals surface area (Å²) in [6, 6.07) is 10.4. The topological polar surface area (TPSA) is 82.2 Å². The first kappa shape index (κ1) is 19.9. The molecule has 2 amide bonds. The van der Waals surface area contributed by atoms with E-state index >= 15 is 0 Å². The van der Waals surface area contributed by atoms with Gasteiger partial charge in [0.1, 0.15) is 5.82 Å². The van der Waals surface area contributed by atoms with Gasteiger partial charge >= 0.3 is 6.03 Å². The lowest BCUT2D eigenvalue weighted by molar-refractivity contribution is 0.231. The van der Waals surface area contributed by atoms with Crippen molar-refractivity contribution in [3.8, 4) is 0 Å². The number of hydrogen-bond acceptors (Lipinski definition) is 5. The largest absolute Gasteiger partial charge is 0.363 e. The minimum Gasteiger partial charge on any atom is -0.363 e. The summed E-state index contributed by atoms with van der Waals surface area (Å²) in [5, 5.41) is 9.49. The van der Waals surface area contributed by atoms with Crippen molar-refractivity contribution in [2.75, 3.05) is 24.3 Å². The lowest BCUT2D eigenvalue weighted by Gasteiger charge is -2.29. The van der Waals surface area contributed by atoms with Gasteiger partial charge in [-0.15, -0.1) is 0 Å². The number of nitrogens with one attached hydrogen (secondary N) is 3. The highest BCUT2D eigenvalue weighted by Gasteiger charge is 2.23. The molecule has 0 saturated heterocycles. The number of hydrogen-bond donors (Lipinski definition) is 3. The van der Waals surface area contributed by atoms with Crippen molar-refractivity contribution < 1.29 is 4.79 Å². The van der Waals surface area contributed by atoms with Gasteiger partial charge in [-0.05, 0) is 49.8 Å². The number of rotatable bonds is 6. The van der Waals surface area contributed by atoms with E-state index in [1.54, 1.807) is 6.20 Å². The van der Waals surface area contributed by atoms with Crippen molar-refractivity contribution in [1.82, 2.24) is 20.6 Å². The van der Waals surface area contributed by atoms with Crippen LogP contribution in [0.5, 0.6) is 0 Å². The zero-order chi connectivity index (χ0) is 19.9.